The molecule has 1 N–H and O–H groups in total. The number of carbonyl (C=O) groups excluding carboxylic acids is 2. The Morgan fingerprint density at radius 2 is 2.22 bits per heavy atom. The third-order valence-electron chi connectivity index (χ3n) is 1.93. The SMILES string of the molecule is CCOC(=O)C(=O)Nc1cncc(C#N)c1OC. The van der Waals surface area contributed by atoms with E-state index in [1.807, 2.05) is 6.07 Å². The molecule has 1 amide bonds. The Morgan fingerprint density at radius 1 is 1.50 bits per heavy atom. The summed E-state index contributed by atoms with van der Waals surface area (Å²) in [6, 6.07) is 1.86. The van der Waals surface area contributed by atoms with Crippen LogP contribution in [0.2, 0.25) is 0 Å². The highest BCUT2D eigenvalue weighted by atomic mass is 16.5. The van der Waals surface area contributed by atoms with E-state index in [0.717, 1.165) is 0 Å². The van der Waals surface area contributed by atoms with Crippen molar-refractivity contribution in [2.24, 2.45) is 0 Å². The second-order valence-corrected chi connectivity index (χ2v) is 3.05. The third kappa shape index (κ3) is 2.95. The highest BCUT2D eigenvalue weighted by molar-refractivity contribution is 6.37. The summed E-state index contributed by atoms with van der Waals surface area (Å²) in [6.45, 7) is 1.68. The minimum Gasteiger partial charge on any atom is -0.493 e. The van der Waals surface area contributed by atoms with Gasteiger partial charge in [-0.25, -0.2) is 4.79 Å². The Kier molecular flexibility index (Phi) is 4.63. The first kappa shape index (κ1) is 13.4. The summed E-state index contributed by atoms with van der Waals surface area (Å²) in [5.74, 6) is -1.82. The van der Waals surface area contributed by atoms with E-state index in [2.05, 4.69) is 15.0 Å². The highest BCUT2D eigenvalue weighted by Crippen LogP contribution is 2.26. The van der Waals surface area contributed by atoms with E-state index in [1.165, 1.54) is 19.5 Å². The quantitative estimate of drug-likeness (QED) is 0.617. The first-order valence-corrected chi connectivity index (χ1v) is 5.04. The molecule has 0 radical (unpaired) electrons. The molecular formula is C11H11N3O4. The molecule has 1 heterocycles. The molecular weight excluding hydrogens is 238 g/mol. The zero-order chi connectivity index (χ0) is 13.5. The Hall–Kier alpha value is -2.62. The lowest BCUT2D eigenvalue weighted by molar-refractivity contribution is -0.152. The van der Waals surface area contributed by atoms with Gasteiger partial charge in [0.25, 0.3) is 0 Å². The van der Waals surface area contributed by atoms with Crippen molar-refractivity contribution in [2.75, 3.05) is 19.0 Å². The summed E-state index contributed by atoms with van der Waals surface area (Å²) < 4.78 is 9.51. The Labute approximate surface area is 103 Å². The maximum absolute atomic E-state index is 11.4. The van der Waals surface area contributed by atoms with Gasteiger partial charge in [-0.1, -0.05) is 0 Å². The number of ether oxygens (including phenoxy) is 2. The average molecular weight is 249 g/mol. The van der Waals surface area contributed by atoms with Crippen LogP contribution in [0.25, 0.3) is 0 Å². The number of methoxy groups -OCH3 is 1. The number of nitriles is 1. The van der Waals surface area contributed by atoms with Gasteiger partial charge in [-0.3, -0.25) is 9.78 Å². The van der Waals surface area contributed by atoms with Crippen molar-refractivity contribution in [3.05, 3.63) is 18.0 Å². The van der Waals surface area contributed by atoms with Crippen LogP contribution in [0.5, 0.6) is 5.75 Å². The molecule has 18 heavy (non-hydrogen) atoms. The fraction of sp³-hybridized carbons (Fsp3) is 0.273. The van der Waals surface area contributed by atoms with E-state index in [1.54, 1.807) is 6.92 Å². The van der Waals surface area contributed by atoms with Gasteiger partial charge in [0.2, 0.25) is 0 Å². The minimum absolute atomic E-state index is 0.0971. The lowest BCUT2D eigenvalue weighted by Crippen LogP contribution is -2.25. The van der Waals surface area contributed by atoms with Crippen LogP contribution in [-0.4, -0.2) is 30.6 Å². The molecule has 94 valence electrons. The van der Waals surface area contributed by atoms with Gasteiger partial charge in [0, 0.05) is 6.20 Å². The summed E-state index contributed by atoms with van der Waals surface area (Å²) in [5, 5.41) is 11.1. The van der Waals surface area contributed by atoms with Crippen molar-refractivity contribution in [2.45, 2.75) is 6.92 Å². The molecule has 0 aliphatic rings. The number of anilines is 1. The highest BCUT2D eigenvalue weighted by Gasteiger charge is 2.18. The van der Waals surface area contributed by atoms with Crippen molar-refractivity contribution in [1.29, 1.82) is 5.26 Å². The summed E-state index contributed by atoms with van der Waals surface area (Å²) in [4.78, 5) is 26.3. The van der Waals surface area contributed by atoms with E-state index in [4.69, 9.17) is 10.00 Å². The van der Waals surface area contributed by atoms with Crippen molar-refractivity contribution in [3.8, 4) is 11.8 Å². The second-order valence-electron chi connectivity index (χ2n) is 3.05. The topological polar surface area (TPSA) is 101 Å². The summed E-state index contributed by atoms with van der Waals surface area (Å²) >= 11 is 0. The van der Waals surface area contributed by atoms with Crippen molar-refractivity contribution >= 4 is 17.6 Å². The standard InChI is InChI=1S/C11H11N3O4/c1-3-18-11(16)10(15)14-8-6-13-5-7(4-12)9(8)17-2/h5-6H,3H2,1-2H3,(H,14,15). The van der Waals surface area contributed by atoms with Crippen LogP contribution in [0, 0.1) is 11.3 Å². The van der Waals surface area contributed by atoms with Gasteiger partial charge in [0.05, 0.1) is 19.9 Å². The monoisotopic (exact) mass is 249 g/mol. The van der Waals surface area contributed by atoms with Crippen LogP contribution in [0.1, 0.15) is 12.5 Å². The second kappa shape index (κ2) is 6.20. The van der Waals surface area contributed by atoms with Crippen LogP contribution in [0.4, 0.5) is 5.69 Å². The summed E-state index contributed by atoms with van der Waals surface area (Å²) in [6.07, 6.45) is 2.57. The number of hydrogen-bond acceptors (Lipinski definition) is 6. The molecule has 7 nitrogen and oxygen atoms in total. The number of rotatable bonds is 3. The number of amides is 1. The molecule has 0 aromatic carbocycles. The number of nitrogens with one attached hydrogen (secondary N) is 1. The van der Waals surface area contributed by atoms with E-state index >= 15 is 0 Å². The van der Waals surface area contributed by atoms with E-state index in [0.29, 0.717) is 0 Å². The number of esters is 1. The van der Waals surface area contributed by atoms with Gasteiger partial charge in [-0.15, -0.1) is 0 Å². The lowest BCUT2D eigenvalue weighted by Gasteiger charge is -2.09. The molecule has 0 aliphatic heterocycles. The molecule has 1 aromatic heterocycles. The van der Waals surface area contributed by atoms with Gasteiger partial charge in [-0.05, 0) is 6.92 Å². The number of pyridine rings is 1. The van der Waals surface area contributed by atoms with Crippen LogP contribution in [0.3, 0.4) is 0 Å². The Balaban J connectivity index is 2.95. The molecule has 0 spiro atoms. The zero-order valence-electron chi connectivity index (χ0n) is 9.89. The molecule has 0 saturated heterocycles. The van der Waals surface area contributed by atoms with E-state index < -0.39 is 11.9 Å². The van der Waals surface area contributed by atoms with Crippen LogP contribution >= 0.6 is 0 Å². The Bertz CT molecular complexity index is 508. The first-order valence-electron chi connectivity index (χ1n) is 5.04. The van der Waals surface area contributed by atoms with E-state index in [-0.39, 0.29) is 23.6 Å². The molecule has 0 atom stereocenters. The van der Waals surface area contributed by atoms with Crippen molar-refractivity contribution in [3.63, 3.8) is 0 Å². The lowest BCUT2D eigenvalue weighted by atomic mass is 10.2. The molecule has 0 fully saturated rings. The minimum atomic E-state index is -1.01. The predicted octanol–water partition coefficient (Wildman–Crippen LogP) is 0.463. The first-order chi connectivity index (χ1) is 8.63. The zero-order valence-corrected chi connectivity index (χ0v) is 9.89. The number of carbonyl (C=O) groups is 2. The molecule has 1 rings (SSSR count). The molecule has 0 bridgehead atoms. The number of hydrogen-bond donors (Lipinski definition) is 1. The largest absolute Gasteiger partial charge is 0.493 e. The normalized spacial score (nSPS) is 9.17. The predicted molar refractivity (Wildman–Crippen MR) is 60.8 cm³/mol. The maximum atomic E-state index is 11.4. The summed E-state index contributed by atoms with van der Waals surface area (Å²) in [7, 11) is 1.34. The average Bonchev–Trinajstić information content (AvgIpc) is 2.38. The van der Waals surface area contributed by atoms with Crippen molar-refractivity contribution < 1.29 is 19.1 Å². The number of nitrogens with zero attached hydrogens (tertiary/aromatic N) is 2. The van der Waals surface area contributed by atoms with Gasteiger partial charge >= 0.3 is 11.9 Å². The maximum Gasteiger partial charge on any atom is 0.397 e. The molecule has 1 aromatic rings. The molecule has 0 saturated carbocycles. The summed E-state index contributed by atoms with van der Waals surface area (Å²) in [5.41, 5.74) is 0.286. The van der Waals surface area contributed by atoms with Crippen LogP contribution in [-0.2, 0) is 14.3 Å². The third-order valence-corrected chi connectivity index (χ3v) is 1.93. The van der Waals surface area contributed by atoms with Crippen LogP contribution in [0.15, 0.2) is 12.4 Å². The Morgan fingerprint density at radius 3 is 2.78 bits per heavy atom. The van der Waals surface area contributed by atoms with Gasteiger partial charge in [0.15, 0.2) is 5.75 Å². The number of aromatic nitrogens is 1. The molecule has 7 heteroatoms. The van der Waals surface area contributed by atoms with Crippen LogP contribution < -0.4 is 10.1 Å². The fourth-order valence-electron chi connectivity index (χ4n) is 1.21. The van der Waals surface area contributed by atoms with Gasteiger partial charge < -0.3 is 14.8 Å². The smallest absolute Gasteiger partial charge is 0.397 e. The van der Waals surface area contributed by atoms with E-state index in [9.17, 15) is 9.59 Å². The van der Waals surface area contributed by atoms with Gasteiger partial charge in [0.1, 0.15) is 17.3 Å². The molecule has 0 unspecified atom stereocenters. The van der Waals surface area contributed by atoms with Gasteiger partial charge in [-0.2, -0.15) is 5.26 Å². The molecule has 0 aliphatic carbocycles. The fourth-order valence-corrected chi connectivity index (χ4v) is 1.21. The van der Waals surface area contributed by atoms with Crippen molar-refractivity contribution in [1.82, 2.24) is 4.98 Å².